The molecule has 0 radical (unpaired) electrons. The van der Waals surface area contributed by atoms with E-state index in [4.69, 9.17) is 6.42 Å². The molecule has 1 heterocycles. The molecule has 0 aromatic carbocycles. The van der Waals surface area contributed by atoms with Gasteiger partial charge in [0.2, 0.25) is 17.6 Å². The molecule has 3 rings (SSSR count). The number of piperidine rings is 1. The fourth-order valence-corrected chi connectivity index (χ4v) is 7.34. The van der Waals surface area contributed by atoms with E-state index in [9.17, 15) is 24.0 Å². The minimum absolute atomic E-state index is 0.0899. The first kappa shape index (κ1) is 35.1. The zero-order chi connectivity index (χ0) is 32.9. The van der Waals surface area contributed by atoms with E-state index in [-0.39, 0.29) is 54.1 Å². The van der Waals surface area contributed by atoms with Crippen LogP contribution in [0.1, 0.15) is 99.3 Å². The molecule has 5 atom stereocenters. The monoisotopic (exact) mass is 611 g/mol. The first-order valence-electron chi connectivity index (χ1n) is 16.2. The van der Waals surface area contributed by atoms with E-state index in [1.807, 2.05) is 20.8 Å². The van der Waals surface area contributed by atoms with Crippen LogP contribution in [0.4, 0.5) is 4.79 Å². The van der Waals surface area contributed by atoms with E-state index in [0.717, 1.165) is 44.9 Å². The standard InChI is InChI=1S/C34H53N5O5/c1-9-12-16-23(26(40)29(42)35-20-11-3)36-28(41)25-24-22(33(24,7)8)21-39(25)30(43)27(32(4,5)6)37-31(44)38-34(17-10-2)18-14-13-15-19-34/h1,11,22-25,27H,3,10,12-21H2,2,4-8H3,(H,35,42)(H,36,41)(H2,37,38,44)/t22?,23?,24-,25-,27+/m0/s1. The first-order chi connectivity index (χ1) is 20.6. The number of carbonyl (C=O) groups is 5. The number of hydrogen-bond donors (Lipinski definition) is 4. The van der Waals surface area contributed by atoms with Crippen molar-refractivity contribution in [2.24, 2.45) is 22.7 Å². The summed E-state index contributed by atoms with van der Waals surface area (Å²) in [5, 5.41) is 11.4. The lowest BCUT2D eigenvalue weighted by atomic mass is 9.78. The summed E-state index contributed by atoms with van der Waals surface area (Å²) >= 11 is 0. The number of carbonyl (C=O) groups excluding carboxylic acids is 5. The molecule has 44 heavy (non-hydrogen) atoms. The topological polar surface area (TPSA) is 137 Å². The van der Waals surface area contributed by atoms with Gasteiger partial charge in [-0.15, -0.1) is 18.9 Å². The maximum atomic E-state index is 14.3. The molecule has 0 aromatic rings. The summed E-state index contributed by atoms with van der Waals surface area (Å²) in [4.78, 5) is 68.6. The third-order valence-corrected chi connectivity index (χ3v) is 9.91. The van der Waals surface area contributed by atoms with Gasteiger partial charge in [-0.25, -0.2) is 4.79 Å². The van der Waals surface area contributed by atoms with Crippen LogP contribution in [-0.2, 0) is 19.2 Å². The number of terminal acetylenes is 1. The molecule has 244 valence electrons. The van der Waals surface area contributed by atoms with Crippen molar-refractivity contribution in [2.75, 3.05) is 13.1 Å². The highest BCUT2D eigenvalue weighted by Gasteiger charge is 2.70. The zero-order valence-corrected chi connectivity index (χ0v) is 27.5. The van der Waals surface area contributed by atoms with Crippen molar-refractivity contribution >= 4 is 29.5 Å². The SMILES string of the molecule is C#CCCC(NC(=O)[C@@H]1[C@@H]2C(CN1C(=O)[C@@H](NC(=O)NC1(CCC)CCCCC1)C(C)(C)C)C2(C)C)C(=O)C(=O)NCC=C. The van der Waals surface area contributed by atoms with Crippen LogP contribution in [0.25, 0.3) is 0 Å². The molecule has 2 saturated carbocycles. The van der Waals surface area contributed by atoms with Crippen molar-refractivity contribution in [2.45, 2.75) is 123 Å². The van der Waals surface area contributed by atoms with Crippen molar-refractivity contribution in [1.82, 2.24) is 26.2 Å². The molecular formula is C34H53N5O5. The van der Waals surface area contributed by atoms with Crippen molar-refractivity contribution < 1.29 is 24.0 Å². The Balaban J connectivity index is 1.82. The summed E-state index contributed by atoms with van der Waals surface area (Å²) in [6.07, 6.45) is 14.1. The lowest BCUT2D eigenvalue weighted by Crippen LogP contribution is -2.63. The van der Waals surface area contributed by atoms with Gasteiger partial charge in [-0.2, -0.15) is 0 Å². The Bertz CT molecular complexity index is 1150. The quantitative estimate of drug-likeness (QED) is 0.144. The normalized spacial score (nSPS) is 24.5. The van der Waals surface area contributed by atoms with Gasteiger partial charge in [0.15, 0.2) is 0 Å². The molecule has 3 fully saturated rings. The number of ketones is 1. The predicted octanol–water partition coefficient (Wildman–Crippen LogP) is 3.46. The van der Waals surface area contributed by atoms with Crippen LogP contribution in [-0.4, -0.2) is 71.2 Å². The highest BCUT2D eigenvalue weighted by atomic mass is 16.2. The summed E-state index contributed by atoms with van der Waals surface area (Å²) in [5.74, 6) is -0.0185. The average Bonchev–Trinajstić information content (AvgIpc) is 3.28. The fraction of sp³-hybridized carbons (Fsp3) is 0.735. The molecule has 5 amide bonds. The second kappa shape index (κ2) is 14.2. The van der Waals surface area contributed by atoms with E-state index >= 15 is 0 Å². The van der Waals surface area contributed by atoms with Crippen LogP contribution in [0.3, 0.4) is 0 Å². The van der Waals surface area contributed by atoms with Crippen LogP contribution in [0.5, 0.6) is 0 Å². The van der Waals surface area contributed by atoms with Gasteiger partial charge in [0.05, 0.1) is 6.04 Å². The van der Waals surface area contributed by atoms with Gasteiger partial charge in [-0.1, -0.05) is 73.3 Å². The molecule has 0 spiro atoms. The molecule has 2 unspecified atom stereocenters. The van der Waals surface area contributed by atoms with Crippen molar-refractivity contribution in [3.8, 4) is 12.3 Å². The molecule has 4 N–H and O–H groups in total. The summed E-state index contributed by atoms with van der Waals surface area (Å²) < 4.78 is 0. The number of likely N-dealkylation sites (tertiary alicyclic amines) is 1. The van der Waals surface area contributed by atoms with Crippen LogP contribution < -0.4 is 21.3 Å². The predicted molar refractivity (Wildman–Crippen MR) is 170 cm³/mol. The second-order valence-electron chi connectivity index (χ2n) is 14.5. The molecular weight excluding hydrogens is 558 g/mol. The number of nitrogens with one attached hydrogen (secondary N) is 4. The minimum Gasteiger partial charge on any atom is -0.346 e. The van der Waals surface area contributed by atoms with Gasteiger partial charge in [-0.05, 0) is 48.3 Å². The number of amides is 5. The third-order valence-electron chi connectivity index (χ3n) is 9.91. The summed E-state index contributed by atoms with van der Waals surface area (Å²) in [6.45, 7) is 15.9. The molecule has 0 bridgehead atoms. The molecule has 0 aromatic heterocycles. The van der Waals surface area contributed by atoms with E-state index in [1.54, 1.807) is 4.90 Å². The Hall–Kier alpha value is -3.35. The van der Waals surface area contributed by atoms with Crippen molar-refractivity contribution in [3.05, 3.63) is 12.7 Å². The lowest BCUT2D eigenvalue weighted by molar-refractivity contribution is -0.145. The average molecular weight is 612 g/mol. The van der Waals surface area contributed by atoms with E-state index in [2.05, 4.69) is 54.5 Å². The Labute approximate surface area is 263 Å². The molecule has 10 heteroatoms. The Morgan fingerprint density at radius 2 is 1.75 bits per heavy atom. The van der Waals surface area contributed by atoms with Gasteiger partial charge in [0.1, 0.15) is 12.1 Å². The van der Waals surface area contributed by atoms with Gasteiger partial charge in [0.25, 0.3) is 5.91 Å². The molecule has 2 aliphatic carbocycles. The number of nitrogens with zero attached hydrogens (tertiary/aromatic N) is 1. The van der Waals surface area contributed by atoms with Crippen LogP contribution in [0, 0.1) is 35.0 Å². The third kappa shape index (κ3) is 7.83. The minimum atomic E-state index is -1.13. The Morgan fingerprint density at radius 1 is 1.09 bits per heavy atom. The highest BCUT2D eigenvalue weighted by molar-refractivity contribution is 6.38. The lowest BCUT2D eigenvalue weighted by Gasteiger charge is -2.41. The number of rotatable bonds is 13. The van der Waals surface area contributed by atoms with Crippen LogP contribution in [0.2, 0.25) is 0 Å². The largest absolute Gasteiger partial charge is 0.346 e. The Morgan fingerprint density at radius 3 is 2.32 bits per heavy atom. The second-order valence-corrected chi connectivity index (χ2v) is 14.5. The molecule has 1 saturated heterocycles. The van der Waals surface area contributed by atoms with Crippen molar-refractivity contribution in [3.63, 3.8) is 0 Å². The highest BCUT2D eigenvalue weighted by Crippen LogP contribution is 2.65. The smallest absolute Gasteiger partial charge is 0.315 e. The van der Waals surface area contributed by atoms with Gasteiger partial charge in [-0.3, -0.25) is 19.2 Å². The number of urea groups is 1. The first-order valence-corrected chi connectivity index (χ1v) is 16.2. The van der Waals surface area contributed by atoms with Gasteiger partial charge < -0.3 is 26.2 Å². The van der Waals surface area contributed by atoms with E-state index < -0.39 is 41.1 Å². The Kier molecular flexibility index (Phi) is 11.3. The van der Waals surface area contributed by atoms with Gasteiger partial charge in [0, 0.05) is 25.0 Å². The number of hydrogen-bond acceptors (Lipinski definition) is 5. The fourth-order valence-electron chi connectivity index (χ4n) is 7.34. The maximum absolute atomic E-state index is 14.3. The zero-order valence-electron chi connectivity index (χ0n) is 27.5. The number of Topliss-reactive ketones (excluding diaryl/α,β-unsaturated/α-hetero) is 1. The molecule has 3 aliphatic rings. The van der Waals surface area contributed by atoms with E-state index in [0.29, 0.717) is 6.54 Å². The van der Waals surface area contributed by atoms with Crippen molar-refractivity contribution in [1.29, 1.82) is 0 Å². The van der Waals surface area contributed by atoms with Gasteiger partial charge >= 0.3 is 6.03 Å². The van der Waals surface area contributed by atoms with E-state index in [1.165, 1.54) is 6.08 Å². The van der Waals surface area contributed by atoms with Crippen LogP contribution >= 0.6 is 0 Å². The maximum Gasteiger partial charge on any atom is 0.315 e. The number of fused-ring (bicyclic) bond motifs is 1. The molecule has 10 nitrogen and oxygen atoms in total. The summed E-state index contributed by atoms with van der Waals surface area (Å²) in [5.41, 5.74) is -1.09. The van der Waals surface area contributed by atoms with Crippen LogP contribution in [0.15, 0.2) is 12.7 Å². The summed E-state index contributed by atoms with van der Waals surface area (Å²) in [6, 6.07) is -3.23. The molecule has 1 aliphatic heterocycles. The summed E-state index contributed by atoms with van der Waals surface area (Å²) in [7, 11) is 0.